The highest BCUT2D eigenvalue weighted by Gasteiger charge is 2.34. The number of nitrogens with one attached hydrogen (secondary N) is 1. The number of likely N-dealkylation sites (tertiary alicyclic amines) is 1. The maximum atomic E-state index is 4.44. The molecule has 3 aromatic carbocycles. The van der Waals surface area contributed by atoms with Gasteiger partial charge in [-0.15, -0.1) is 0 Å². The van der Waals surface area contributed by atoms with Gasteiger partial charge in [-0.25, -0.2) is 0 Å². The molecule has 0 spiro atoms. The predicted octanol–water partition coefficient (Wildman–Crippen LogP) is 7.60. The lowest BCUT2D eigenvalue weighted by molar-refractivity contribution is 0.103. The van der Waals surface area contributed by atoms with Crippen molar-refractivity contribution in [1.82, 2.24) is 15.1 Å². The molecule has 3 aromatic rings. The first kappa shape index (κ1) is 28.6. The number of likely N-dealkylation sites (N-methyl/N-ethyl adjacent to an activating group) is 1. The maximum Gasteiger partial charge on any atom is 0.0375 e. The van der Waals surface area contributed by atoms with E-state index in [0.717, 1.165) is 31.1 Å². The van der Waals surface area contributed by atoms with Gasteiger partial charge in [-0.3, -0.25) is 0 Å². The molecule has 1 aliphatic heterocycles. The lowest BCUT2D eigenvalue weighted by Crippen LogP contribution is -2.52. The van der Waals surface area contributed by atoms with Crippen LogP contribution < -0.4 is 5.32 Å². The molecule has 3 heteroatoms. The normalized spacial score (nSPS) is 18.2. The minimum Gasteiger partial charge on any atom is -0.383 e. The fraction of sp³-hybridized carbons (Fsp3) is 0.459. The van der Waals surface area contributed by atoms with Crippen LogP contribution >= 0.6 is 0 Å². The fourth-order valence-electron chi connectivity index (χ4n) is 6.99. The van der Waals surface area contributed by atoms with Gasteiger partial charge < -0.3 is 15.1 Å². The maximum absolute atomic E-state index is 4.44. The number of hydrogen-bond acceptors (Lipinski definition) is 3. The van der Waals surface area contributed by atoms with Crippen LogP contribution in [0.3, 0.4) is 0 Å². The zero-order chi connectivity index (χ0) is 27.8. The quantitative estimate of drug-likeness (QED) is 0.273. The minimum atomic E-state index is 0.257. The smallest absolute Gasteiger partial charge is 0.0375 e. The average molecular weight is 536 g/mol. The molecule has 0 radical (unpaired) electrons. The Morgan fingerprint density at radius 2 is 1.50 bits per heavy atom. The van der Waals surface area contributed by atoms with Gasteiger partial charge in [-0.05, 0) is 93.5 Å². The van der Waals surface area contributed by atoms with Crippen LogP contribution in [0.5, 0.6) is 0 Å². The van der Waals surface area contributed by atoms with Crippen LogP contribution in [0.15, 0.2) is 91.5 Å². The number of benzene rings is 3. The molecule has 2 aliphatic rings. The Bertz CT molecular complexity index is 1150. The van der Waals surface area contributed by atoms with Gasteiger partial charge in [0.15, 0.2) is 0 Å². The Morgan fingerprint density at radius 3 is 2.10 bits per heavy atom. The van der Waals surface area contributed by atoms with Crippen LogP contribution in [0.2, 0.25) is 0 Å². The molecule has 0 unspecified atom stereocenters. The first-order chi connectivity index (χ1) is 19.5. The molecule has 1 aliphatic carbocycles. The molecule has 1 saturated carbocycles. The summed E-state index contributed by atoms with van der Waals surface area (Å²) in [6, 6.07) is 31.2. The van der Waals surface area contributed by atoms with E-state index in [-0.39, 0.29) is 5.54 Å². The third-order valence-electron chi connectivity index (χ3n) is 9.72. The van der Waals surface area contributed by atoms with Gasteiger partial charge in [-0.1, -0.05) is 105 Å². The van der Waals surface area contributed by atoms with E-state index in [9.17, 15) is 0 Å². The van der Waals surface area contributed by atoms with Crippen LogP contribution in [0.25, 0.3) is 5.70 Å². The summed E-state index contributed by atoms with van der Waals surface area (Å²) in [6.07, 6.45) is 10.3. The standard InChI is InChI=1S/C37H49N3/c1-30(38-29-37(39(2)3)22-11-6-12-23-37)35-19-13-14-32(27-35)26-31-20-24-40(25-21-31)28-36(33-15-7-4-8-16-33)34-17-9-5-10-18-34/h4-5,7-10,13-19,27,31,36,38H,1,6,11-12,20-26,28-29H2,2-3H3. The van der Waals surface area contributed by atoms with Gasteiger partial charge in [0.05, 0.1) is 0 Å². The first-order valence-electron chi connectivity index (χ1n) is 15.5. The zero-order valence-corrected chi connectivity index (χ0v) is 24.8. The number of hydrogen-bond donors (Lipinski definition) is 1. The molecule has 1 heterocycles. The molecule has 1 N–H and O–H groups in total. The van der Waals surface area contributed by atoms with Crippen molar-refractivity contribution in [3.05, 3.63) is 114 Å². The number of rotatable bonds is 11. The van der Waals surface area contributed by atoms with Crippen molar-refractivity contribution in [3.63, 3.8) is 0 Å². The Balaban J connectivity index is 1.15. The van der Waals surface area contributed by atoms with Crippen LogP contribution in [0.4, 0.5) is 0 Å². The van der Waals surface area contributed by atoms with E-state index in [1.807, 2.05) is 0 Å². The second kappa shape index (κ2) is 13.7. The summed E-state index contributed by atoms with van der Waals surface area (Å²) in [5.74, 6) is 1.17. The highest BCUT2D eigenvalue weighted by molar-refractivity contribution is 5.62. The van der Waals surface area contributed by atoms with Crippen molar-refractivity contribution in [2.24, 2.45) is 5.92 Å². The summed E-state index contributed by atoms with van der Waals surface area (Å²) in [5.41, 5.74) is 6.85. The second-order valence-corrected chi connectivity index (χ2v) is 12.5. The molecule has 2 fully saturated rings. The van der Waals surface area contributed by atoms with Crippen molar-refractivity contribution < 1.29 is 0 Å². The van der Waals surface area contributed by atoms with Gasteiger partial charge in [0.1, 0.15) is 0 Å². The van der Waals surface area contributed by atoms with Crippen LogP contribution in [-0.2, 0) is 6.42 Å². The third kappa shape index (κ3) is 7.25. The van der Waals surface area contributed by atoms with Crippen molar-refractivity contribution in [1.29, 1.82) is 0 Å². The summed E-state index contributed by atoms with van der Waals surface area (Å²) < 4.78 is 0. The van der Waals surface area contributed by atoms with Crippen LogP contribution in [0.1, 0.15) is 73.1 Å². The van der Waals surface area contributed by atoms with E-state index >= 15 is 0 Å². The van der Waals surface area contributed by atoms with Crippen molar-refractivity contribution in [2.45, 2.75) is 62.8 Å². The van der Waals surface area contributed by atoms with Gasteiger partial charge in [0, 0.05) is 30.2 Å². The van der Waals surface area contributed by atoms with Gasteiger partial charge in [0.2, 0.25) is 0 Å². The highest BCUT2D eigenvalue weighted by atomic mass is 15.2. The number of nitrogens with zero attached hydrogens (tertiary/aromatic N) is 2. The summed E-state index contributed by atoms with van der Waals surface area (Å²) in [4.78, 5) is 5.13. The van der Waals surface area contributed by atoms with Crippen molar-refractivity contribution in [2.75, 3.05) is 40.3 Å². The molecule has 0 aromatic heterocycles. The molecule has 0 bridgehead atoms. The Labute approximate surface area is 243 Å². The highest BCUT2D eigenvalue weighted by Crippen LogP contribution is 2.33. The molecule has 0 amide bonds. The first-order valence-corrected chi connectivity index (χ1v) is 15.5. The summed E-state index contributed by atoms with van der Waals surface area (Å²) in [7, 11) is 4.48. The third-order valence-corrected chi connectivity index (χ3v) is 9.72. The summed E-state index contributed by atoms with van der Waals surface area (Å²) in [5, 5.41) is 3.73. The van der Waals surface area contributed by atoms with Crippen molar-refractivity contribution in [3.8, 4) is 0 Å². The van der Waals surface area contributed by atoms with Gasteiger partial charge >= 0.3 is 0 Å². The SMILES string of the molecule is C=C(NCC1(N(C)C)CCCCC1)c1cccc(CC2CCN(CC(c3ccccc3)c3ccccc3)CC2)c1. The fourth-order valence-corrected chi connectivity index (χ4v) is 6.99. The van der Waals surface area contributed by atoms with Crippen LogP contribution in [-0.4, -0.2) is 55.6 Å². The van der Waals surface area contributed by atoms with E-state index in [4.69, 9.17) is 0 Å². The van der Waals surface area contributed by atoms with E-state index in [0.29, 0.717) is 5.92 Å². The molecule has 5 rings (SSSR count). The molecule has 40 heavy (non-hydrogen) atoms. The van der Waals surface area contributed by atoms with E-state index < -0.39 is 0 Å². The summed E-state index contributed by atoms with van der Waals surface area (Å²) >= 11 is 0. The average Bonchev–Trinajstić information content (AvgIpc) is 3.01. The zero-order valence-electron chi connectivity index (χ0n) is 24.8. The Hall–Kier alpha value is -2.88. The molecular weight excluding hydrogens is 486 g/mol. The van der Waals surface area contributed by atoms with E-state index in [1.165, 1.54) is 80.3 Å². The Morgan fingerprint density at radius 1 is 0.875 bits per heavy atom. The summed E-state index contributed by atoms with van der Waals surface area (Å²) in [6.45, 7) is 8.88. The molecule has 0 atom stereocenters. The second-order valence-electron chi connectivity index (χ2n) is 12.5. The van der Waals surface area contributed by atoms with Gasteiger partial charge in [-0.2, -0.15) is 0 Å². The molecule has 3 nitrogen and oxygen atoms in total. The van der Waals surface area contributed by atoms with E-state index in [2.05, 4.69) is 121 Å². The topological polar surface area (TPSA) is 18.5 Å². The van der Waals surface area contributed by atoms with E-state index in [1.54, 1.807) is 0 Å². The Kier molecular flexibility index (Phi) is 9.78. The largest absolute Gasteiger partial charge is 0.383 e. The van der Waals surface area contributed by atoms with Gasteiger partial charge in [0.25, 0.3) is 0 Å². The van der Waals surface area contributed by atoms with Crippen LogP contribution in [0, 0.1) is 5.92 Å². The molecular formula is C37H49N3. The number of piperidine rings is 1. The minimum absolute atomic E-state index is 0.257. The lowest BCUT2D eigenvalue weighted by Gasteiger charge is -2.43. The predicted molar refractivity (Wildman–Crippen MR) is 171 cm³/mol. The monoisotopic (exact) mass is 535 g/mol. The molecule has 1 saturated heterocycles. The molecule has 212 valence electrons. The van der Waals surface area contributed by atoms with Crippen molar-refractivity contribution >= 4 is 5.70 Å². The lowest BCUT2D eigenvalue weighted by atomic mass is 9.80.